The van der Waals surface area contributed by atoms with E-state index in [-0.39, 0.29) is 49.2 Å². The average Bonchev–Trinajstić information content (AvgIpc) is 2.90. The van der Waals surface area contributed by atoms with Crippen molar-refractivity contribution in [3.05, 3.63) is 87.2 Å². The number of hydrogen-bond acceptors (Lipinski definition) is 7. The molecule has 0 saturated heterocycles. The third kappa shape index (κ3) is 5.91. The first-order valence-electron chi connectivity index (χ1n) is 12.2. The Balaban J connectivity index is 1.61. The molecule has 0 unspecified atom stereocenters. The Morgan fingerprint density at radius 2 is 1.74 bits per heavy atom. The molecule has 0 aliphatic carbocycles. The van der Waals surface area contributed by atoms with Crippen LogP contribution in [0, 0.1) is 15.9 Å². The summed E-state index contributed by atoms with van der Waals surface area (Å²) in [6, 6.07) is 13.7. The van der Waals surface area contributed by atoms with Crippen molar-refractivity contribution < 1.29 is 33.1 Å². The number of carbonyl (C=O) groups excluding carboxylic acids is 2. The third-order valence-corrected chi connectivity index (χ3v) is 6.16. The zero-order valence-corrected chi connectivity index (χ0v) is 21.1. The fourth-order valence-corrected chi connectivity index (χ4v) is 4.39. The maximum absolute atomic E-state index is 14.8. The molecule has 10 heteroatoms. The van der Waals surface area contributed by atoms with Gasteiger partial charge in [-0.1, -0.05) is 18.2 Å². The Labute approximate surface area is 218 Å². The van der Waals surface area contributed by atoms with Gasteiger partial charge in [-0.3, -0.25) is 14.9 Å². The zero-order chi connectivity index (χ0) is 27.2. The molecule has 1 heterocycles. The van der Waals surface area contributed by atoms with Crippen LogP contribution in [-0.2, 0) is 28.9 Å². The van der Waals surface area contributed by atoms with E-state index in [1.807, 2.05) is 13.0 Å². The summed E-state index contributed by atoms with van der Waals surface area (Å²) in [7, 11) is 0. The molecule has 0 atom stereocenters. The lowest BCUT2D eigenvalue weighted by Crippen LogP contribution is -2.38. The largest absolute Gasteiger partial charge is 0.493 e. The summed E-state index contributed by atoms with van der Waals surface area (Å²) < 4.78 is 31.1. The highest BCUT2D eigenvalue weighted by molar-refractivity contribution is 5.78. The van der Waals surface area contributed by atoms with E-state index in [1.165, 1.54) is 35.2 Å². The second-order valence-corrected chi connectivity index (χ2v) is 8.59. The number of non-ortho nitro benzene ring substituents is 1. The molecule has 3 aromatic carbocycles. The van der Waals surface area contributed by atoms with Gasteiger partial charge in [0.15, 0.2) is 0 Å². The Morgan fingerprint density at radius 3 is 2.42 bits per heavy atom. The van der Waals surface area contributed by atoms with Crippen LogP contribution >= 0.6 is 0 Å². The summed E-state index contributed by atoms with van der Waals surface area (Å²) in [5, 5.41) is 10.9. The number of nitro groups is 1. The van der Waals surface area contributed by atoms with Crippen molar-refractivity contribution in [3.63, 3.8) is 0 Å². The fraction of sp³-hybridized carbons (Fsp3) is 0.286. The molecule has 1 amide bonds. The molecular formula is C28H27FN2O7. The molecule has 3 aromatic rings. The van der Waals surface area contributed by atoms with Gasteiger partial charge in [-0.15, -0.1) is 0 Å². The molecule has 198 valence electrons. The number of hydrogen-bond donors (Lipinski definition) is 0. The Hall–Kier alpha value is -4.47. The van der Waals surface area contributed by atoms with Gasteiger partial charge in [-0.25, -0.2) is 9.18 Å². The van der Waals surface area contributed by atoms with Crippen LogP contribution in [0.1, 0.15) is 30.5 Å². The number of carbonyl (C=O) groups is 2. The highest BCUT2D eigenvalue weighted by Crippen LogP contribution is 2.38. The zero-order valence-electron chi connectivity index (χ0n) is 21.1. The van der Waals surface area contributed by atoms with E-state index in [1.54, 1.807) is 25.1 Å². The first-order chi connectivity index (χ1) is 18.3. The quantitative estimate of drug-likeness (QED) is 0.220. The number of amides is 1. The molecular weight excluding hydrogens is 495 g/mol. The average molecular weight is 523 g/mol. The first-order valence-corrected chi connectivity index (χ1v) is 12.2. The lowest BCUT2D eigenvalue weighted by atomic mass is 9.90. The molecule has 0 spiro atoms. The molecule has 0 saturated carbocycles. The topological polar surface area (TPSA) is 108 Å². The fourth-order valence-electron chi connectivity index (χ4n) is 4.39. The molecule has 0 bridgehead atoms. The van der Waals surface area contributed by atoms with Gasteiger partial charge in [0.2, 0.25) is 0 Å². The van der Waals surface area contributed by atoms with E-state index in [4.69, 9.17) is 14.2 Å². The van der Waals surface area contributed by atoms with Crippen LogP contribution in [0.25, 0.3) is 11.1 Å². The maximum atomic E-state index is 14.8. The van der Waals surface area contributed by atoms with Gasteiger partial charge in [0, 0.05) is 24.2 Å². The van der Waals surface area contributed by atoms with E-state index in [2.05, 4.69) is 0 Å². The van der Waals surface area contributed by atoms with Gasteiger partial charge in [0.05, 0.1) is 31.1 Å². The molecule has 4 rings (SSSR count). The van der Waals surface area contributed by atoms with Crippen LogP contribution < -0.4 is 9.47 Å². The predicted octanol–water partition coefficient (Wildman–Crippen LogP) is 5.46. The smallest absolute Gasteiger partial charge is 0.415 e. The number of rotatable bonds is 8. The number of ether oxygens (including phenoxy) is 3. The highest BCUT2D eigenvalue weighted by Gasteiger charge is 2.28. The van der Waals surface area contributed by atoms with E-state index >= 15 is 0 Å². The Morgan fingerprint density at radius 1 is 1.00 bits per heavy atom. The summed E-state index contributed by atoms with van der Waals surface area (Å²) in [5.41, 5.74) is 3.17. The predicted molar refractivity (Wildman–Crippen MR) is 137 cm³/mol. The van der Waals surface area contributed by atoms with E-state index in [9.17, 15) is 24.1 Å². The molecule has 0 aromatic heterocycles. The summed E-state index contributed by atoms with van der Waals surface area (Å²) in [6.45, 7) is 4.61. The molecule has 1 aliphatic rings. The second kappa shape index (κ2) is 11.7. The van der Waals surface area contributed by atoms with Crippen LogP contribution in [0.2, 0.25) is 0 Å². The summed E-state index contributed by atoms with van der Waals surface area (Å²) in [4.78, 5) is 36.6. The molecule has 0 N–H and O–H groups in total. The van der Waals surface area contributed by atoms with Gasteiger partial charge in [0.25, 0.3) is 5.69 Å². The van der Waals surface area contributed by atoms with Crippen LogP contribution in [-0.4, -0.2) is 41.6 Å². The standard InChI is InChI=1S/C28H27FN2O7/c1-3-36-26-15-18(16-27(32)37-4-2)5-10-23(26)21-11-12-25(29)22-13-14-30(17-24(21)22)28(33)38-20-8-6-19(7-9-20)31(34)35/h5-12,15H,3-4,13-14,16-17H2,1-2H3. The SMILES string of the molecule is CCOC(=O)Cc1ccc(-c2ccc(F)c3c2CN(C(=O)Oc2ccc([N+](=O)[O-])cc2)CC3)c(OCC)c1. The molecule has 38 heavy (non-hydrogen) atoms. The van der Waals surface area contributed by atoms with Crippen molar-refractivity contribution in [1.29, 1.82) is 0 Å². The number of fused-ring (bicyclic) bond motifs is 1. The molecule has 9 nitrogen and oxygen atoms in total. The van der Waals surface area contributed by atoms with E-state index in [0.717, 1.165) is 5.56 Å². The van der Waals surface area contributed by atoms with Gasteiger partial charge in [-0.05, 0) is 66.8 Å². The van der Waals surface area contributed by atoms with Gasteiger partial charge in [-0.2, -0.15) is 0 Å². The molecule has 0 fully saturated rings. The Kier molecular flexibility index (Phi) is 8.20. The van der Waals surface area contributed by atoms with Gasteiger partial charge >= 0.3 is 12.1 Å². The molecule has 0 radical (unpaired) electrons. The number of esters is 1. The number of nitro benzene ring substituents is 1. The van der Waals surface area contributed by atoms with E-state index < -0.39 is 11.0 Å². The van der Waals surface area contributed by atoms with E-state index in [0.29, 0.717) is 41.2 Å². The van der Waals surface area contributed by atoms with Crippen molar-refractivity contribution in [3.8, 4) is 22.6 Å². The van der Waals surface area contributed by atoms with Crippen LogP contribution in [0.3, 0.4) is 0 Å². The van der Waals surface area contributed by atoms with Crippen molar-refractivity contribution in [2.45, 2.75) is 33.2 Å². The number of halogens is 1. The van der Waals surface area contributed by atoms with Crippen molar-refractivity contribution in [2.24, 2.45) is 0 Å². The number of benzene rings is 3. The monoisotopic (exact) mass is 522 g/mol. The first kappa shape index (κ1) is 26.6. The lowest BCUT2D eigenvalue weighted by molar-refractivity contribution is -0.384. The van der Waals surface area contributed by atoms with Crippen LogP contribution in [0.5, 0.6) is 11.5 Å². The normalized spacial score (nSPS) is 12.4. The second-order valence-electron chi connectivity index (χ2n) is 8.59. The Bertz CT molecular complexity index is 1360. The van der Waals surface area contributed by atoms with Crippen LogP contribution in [0.4, 0.5) is 14.9 Å². The minimum absolute atomic E-state index is 0.0952. The minimum atomic E-state index is -0.644. The van der Waals surface area contributed by atoms with Crippen molar-refractivity contribution >= 4 is 17.7 Å². The summed E-state index contributed by atoms with van der Waals surface area (Å²) >= 11 is 0. The minimum Gasteiger partial charge on any atom is -0.493 e. The third-order valence-electron chi connectivity index (χ3n) is 6.16. The van der Waals surface area contributed by atoms with Crippen molar-refractivity contribution in [1.82, 2.24) is 4.90 Å². The maximum Gasteiger partial charge on any atom is 0.415 e. The van der Waals surface area contributed by atoms with Crippen molar-refractivity contribution in [2.75, 3.05) is 19.8 Å². The van der Waals surface area contributed by atoms with Crippen LogP contribution in [0.15, 0.2) is 54.6 Å². The molecule has 1 aliphatic heterocycles. The summed E-state index contributed by atoms with van der Waals surface area (Å²) in [5.74, 6) is 0.00318. The lowest BCUT2D eigenvalue weighted by Gasteiger charge is -2.30. The summed E-state index contributed by atoms with van der Waals surface area (Å²) in [6.07, 6.45) is -0.262. The highest BCUT2D eigenvalue weighted by atomic mass is 19.1. The number of nitrogens with zero attached hydrogens (tertiary/aromatic N) is 2. The van der Waals surface area contributed by atoms with Gasteiger partial charge < -0.3 is 19.1 Å². The van der Waals surface area contributed by atoms with Gasteiger partial charge in [0.1, 0.15) is 17.3 Å².